The number of nitrogens with one attached hydrogen (secondary N) is 2. The molecular weight excluding hydrogens is 469 g/mol. The molecule has 2 aromatic rings. The Bertz CT molecular complexity index is 949. The molecule has 0 saturated carbocycles. The van der Waals surface area contributed by atoms with Gasteiger partial charge in [0.15, 0.2) is 11.5 Å². The molecule has 0 aliphatic heterocycles. The lowest BCUT2D eigenvalue weighted by atomic mass is 10.0. The van der Waals surface area contributed by atoms with Gasteiger partial charge in [-0.3, -0.25) is 9.59 Å². The predicted octanol–water partition coefficient (Wildman–Crippen LogP) is 3.90. The molecule has 31 heavy (non-hydrogen) atoms. The van der Waals surface area contributed by atoms with E-state index < -0.39 is 23.7 Å². The number of halogens is 2. The Balaban J connectivity index is 2.08. The second-order valence-corrected chi connectivity index (χ2v) is 7.76. The molecule has 0 aromatic heterocycles. The van der Waals surface area contributed by atoms with E-state index in [0.717, 1.165) is 0 Å². The third-order valence-corrected chi connectivity index (χ3v) is 4.86. The van der Waals surface area contributed by atoms with Crippen LogP contribution in [0.1, 0.15) is 36.7 Å². The van der Waals surface area contributed by atoms with Gasteiger partial charge in [-0.1, -0.05) is 13.8 Å². The van der Waals surface area contributed by atoms with E-state index in [1.54, 1.807) is 33.1 Å². The number of methoxy groups -OCH3 is 1. The van der Waals surface area contributed by atoms with Gasteiger partial charge in [-0.2, -0.15) is 5.10 Å². The minimum atomic E-state index is -0.823. The summed E-state index contributed by atoms with van der Waals surface area (Å²) in [6, 6.07) is 7.77. The molecule has 9 heteroatoms. The van der Waals surface area contributed by atoms with Gasteiger partial charge in [-0.15, -0.1) is 0 Å². The van der Waals surface area contributed by atoms with E-state index in [9.17, 15) is 14.0 Å². The first kappa shape index (κ1) is 24.3. The summed E-state index contributed by atoms with van der Waals surface area (Å²) in [6.45, 7) is 5.92. The third-order valence-electron chi connectivity index (χ3n) is 4.27. The second kappa shape index (κ2) is 11.5. The minimum absolute atomic E-state index is 0.195. The first-order chi connectivity index (χ1) is 14.8. The van der Waals surface area contributed by atoms with Crippen molar-refractivity contribution in [1.82, 2.24) is 10.7 Å². The van der Waals surface area contributed by atoms with Crippen molar-refractivity contribution in [2.45, 2.75) is 26.8 Å². The first-order valence-corrected chi connectivity index (χ1v) is 10.5. The van der Waals surface area contributed by atoms with Crippen LogP contribution in [-0.2, 0) is 4.79 Å². The molecular formula is C22H25BrFN3O4. The maximum atomic E-state index is 13.1. The van der Waals surface area contributed by atoms with Gasteiger partial charge < -0.3 is 14.8 Å². The Kier molecular flexibility index (Phi) is 8.99. The molecule has 0 aliphatic carbocycles. The molecule has 0 bridgehead atoms. The van der Waals surface area contributed by atoms with Gasteiger partial charge in [-0.05, 0) is 70.7 Å². The lowest BCUT2D eigenvalue weighted by Crippen LogP contribution is -2.48. The number of hydrogen-bond acceptors (Lipinski definition) is 5. The molecule has 2 amide bonds. The van der Waals surface area contributed by atoms with Crippen LogP contribution in [-0.4, -0.2) is 37.8 Å². The second-order valence-electron chi connectivity index (χ2n) is 6.90. The predicted molar refractivity (Wildman–Crippen MR) is 120 cm³/mol. The number of benzene rings is 2. The zero-order chi connectivity index (χ0) is 23.0. The molecule has 1 unspecified atom stereocenters. The molecule has 1 atom stereocenters. The summed E-state index contributed by atoms with van der Waals surface area (Å²) >= 11 is 3.42. The van der Waals surface area contributed by atoms with E-state index in [1.807, 2.05) is 6.92 Å². The van der Waals surface area contributed by atoms with Crippen LogP contribution in [0.3, 0.4) is 0 Å². The highest BCUT2D eigenvalue weighted by atomic mass is 79.9. The van der Waals surface area contributed by atoms with E-state index in [4.69, 9.17) is 9.47 Å². The molecule has 2 aromatic carbocycles. The fraction of sp³-hybridized carbons (Fsp3) is 0.318. The summed E-state index contributed by atoms with van der Waals surface area (Å²) in [5.41, 5.74) is 3.38. The van der Waals surface area contributed by atoms with Crippen molar-refractivity contribution in [3.63, 3.8) is 0 Å². The van der Waals surface area contributed by atoms with Crippen molar-refractivity contribution < 1.29 is 23.5 Å². The number of amides is 2. The summed E-state index contributed by atoms with van der Waals surface area (Å²) in [5, 5.41) is 6.65. The van der Waals surface area contributed by atoms with Crippen molar-refractivity contribution in [1.29, 1.82) is 0 Å². The van der Waals surface area contributed by atoms with Gasteiger partial charge in [-0.25, -0.2) is 9.82 Å². The van der Waals surface area contributed by atoms with Gasteiger partial charge in [0.05, 0.1) is 24.4 Å². The molecule has 0 radical (unpaired) electrons. The fourth-order valence-electron chi connectivity index (χ4n) is 2.72. The quantitative estimate of drug-likeness (QED) is 0.409. The van der Waals surface area contributed by atoms with Crippen LogP contribution in [0.15, 0.2) is 46.0 Å². The van der Waals surface area contributed by atoms with E-state index in [2.05, 4.69) is 31.8 Å². The average Bonchev–Trinajstić information content (AvgIpc) is 2.72. The van der Waals surface area contributed by atoms with E-state index in [0.29, 0.717) is 28.1 Å². The Morgan fingerprint density at radius 1 is 1.23 bits per heavy atom. The molecule has 2 N–H and O–H groups in total. The number of hydrogen-bond donors (Lipinski definition) is 2. The molecule has 0 heterocycles. The van der Waals surface area contributed by atoms with Crippen molar-refractivity contribution >= 4 is 34.0 Å². The maximum Gasteiger partial charge on any atom is 0.262 e. The molecule has 0 saturated heterocycles. The van der Waals surface area contributed by atoms with Crippen LogP contribution in [0, 0.1) is 11.7 Å². The van der Waals surface area contributed by atoms with Crippen molar-refractivity contribution in [3.8, 4) is 11.5 Å². The normalized spacial score (nSPS) is 12.0. The minimum Gasteiger partial charge on any atom is -0.492 e. The van der Waals surface area contributed by atoms with Gasteiger partial charge >= 0.3 is 0 Å². The van der Waals surface area contributed by atoms with Crippen LogP contribution in [0.25, 0.3) is 0 Å². The standard InChI is InChI=1S/C22H25BrFN3O4/c1-5-31-18-11-14(10-17(23)20(18)30-4)12-25-27-22(29)19(13(2)3)26-21(28)15-6-8-16(24)9-7-15/h6-13,19H,5H2,1-4H3,(H,26,28)(H,27,29). The van der Waals surface area contributed by atoms with Gasteiger partial charge in [0.1, 0.15) is 11.9 Å². The number of hydrazone groups is 1. The lowest BCUT2D eigenvalue weighted by Gasteiger charge is -2.20. The van der Waals surface area contributed by atoms with Crippen molar-refractivity contribution in [2.24, 2.45) is 11.0 Å². The number of ether oxygens (including phenoxy) is 2. The fourth-order valence-corrected chi connectivity index (χ4v) is 3.35. The summed E-state index contributed by atoms with van der Waals surface area (Å²) < 4.78 is 24.6. The lowest BCUT2D eigenvalue weighted by molar-refractivity contribution is -0.123. The monoisotopic (exact) mass is 493 g/mol. The van der Waals surface area contributed by atoms with Crippen molar-refractivity contribution in [3.05, 3.63) is 57.8 Å². The van der Waals surface area contributed by atoms with Gasteiger partial charge in [0, 0.05) is 5.56 Å². The maximum absolute atomic E-state index is 13.1. The highest BCUT2D eigenvalue weighted by Crippen LogP contribution is 2.36. The largest absolute Gasteiger partial charge is 0.492 e. The van der Waals surface area contributed by atoms with Gasteiger partial charge in [0.2, 0.25) is 0 Å². The summed E-state index contributed by atoms with van der Waals surface area (Å²) in [4.78, 5) is 25.0. The van der Waals surface area contributed by atoms with E-state index in [1.165, 1.54) is 30.5 Å². The summed E-state index contributed by atoms with van der Waals surface area (Å²) in [6.07, 6.45) is 1.46. The van der Waals surface area contributed by atoms with Crippen LogP contribution in [0.5, 0.6) is 11.5 Å². The number of carbonyl (C=O) groups is 2. The Morgan fingerprint density at radius 3 is 2.48 bits per heavy atom. The molecule has 2 rings (SSSR count). The first-order valence-electron chi connectivity index (χ1n) is 9.66. The Morgan fingerprint density at radius 2 is 1.90 bits per heavy atom. The SMILES string of the molecule is CCOc1cc(C=NNC(=O)C(NC(=O)c2ccc(F)cc2)C(C)C)cc(Br)c1OC. The molecule has 0 spiro atoms. The summed E-state index contributed by atoms with van der Waals surface area (Å²) in [5.74, 6) is -0.483. The molecule has 0 fully saturated rings. The Labute approximate surface area is 189 Å². The molecule has 166 valence electrons. The van der Waals surface area contributed by atoms with E-state index >= 15 is 0 Å². The number of carbonyl (C=O) groups excluding carboxylic acids is 2. The van der Waals surface area contributed by atoms with Gasteiger partial charge in [0.25, 0.3) is 11.8 Å². The summed E-state index contributed by atoms with van der Waals surface area (Å²) in [7, 11) is 1.54. The van der Waals surface area contributed by atoms with Crippen LogP contribution in [0.2, 0.25) is 0 Å². The zero-order valence-corrected chi connectivity index (χ0v) is 19.3. The number of rotatable bonds is 9. The highest BCUT2D eigenvalue weighted by Gasteiger charge is 2.24. The topological polar surface area (TPSA) is 89.0 Å². The third kappa shape index (κ3) is 6.78. The highest BCUT2D eigenvalue weighted by molar-refractivity contribution is 9.10. The Hall–Kier alpha value is -2.94. The zero-order valence-electron chi connectivity index (χ0n) is 17.7. The smallest absolute Gasteiger partial charge is 0.262 e. The van der Waals surface area contributed by atoms with Crippen LogP contribution in [0.4, 0.5) is 4.39 Å². The van der Waals surface area contributed by atoms with Crippen LogP contribution < -0.4 is 20.2 Å². The average molecular weight is 494 g/mol. The van der Waals surface area contributed by atoms with Crippen molar-refractivity contribution in [2.75, 3.05) is 13.7 Å². The van der Waals surface area contributed by atoms with Crippen LogP contribution >= 0.6 is 15.9 Å². The van der Waals surface area contributed by atoms with E-state index in [-0.39, 0.29) is 11.5 Å². The number of nitrogens with zero attached hydrogens (tertiary/aromatic N) is 1. The molecule has 7 nitrogen and oxygen atoms in total. The molecule has 0 aliphatic rings.